The Morgan fingerprint density at radius 3 is 2.43 bits per heavy atom. The van der Waals surface area contributed by atoms with E-state index in [1.807, 2.05) is 0 Å². The first-order valence-electron chi connectivity index (χ1n) is 2.06. The summed E-state index contributed by atoms with van der Waals surface area (Å²) >= 11 is 1.58. The molecule has 0 aliphatic rings. The van der Waals surface area contributed by atoms with Gasteiger partial charge in [-0.1, -0.05) is 6.92 Å². The summed E-state index contributed by atoms with van der Waals surface area (Å²) in [5.41, 5.74) is 0. The van der Waals surface area contributed by atoms with Crippen molar-refractivity contribution in [1.82, 2.24) is 0 Å². The van der Waals surface area contributed by atoms with Gasteiger partial charge >= 0.3 is 0 Å². The fourth-order valence-corrected chi connectivity index (χ4v) is 0.601. The predicted octanol–water partition coefficient (Wildman–Crippen LogP) is 0.719. The van der Waals surface area contributed by atoms with Gasteiger partial charge in [0.2, 0.25) is 3.79 Å². The van der Waals surface area contributed by atoms with Gasteiger partial charge in [0.15, 0.2) is 0 Å². The van der Waals surface area contributed by atoms with E-state index in [4.69, 9.17) is 5.11 Å². The van der Waals surface area contributed by atoms with Crippen LogP contribution >= 0.6 is 22.6 Å². The van der Waals surface area contributed by atoms with E-state index in [0.717, 1.165) is 0 Å². The van der Waals surface area contributed by atoms with Crippen molar-refractivity contribution in [3.63, 3.8) is 0 Å². The lowest BCUT2D eigenvalue weighted by molar-refractivity contribution is -0.116. The highest BCUT2D eigenvalue weighted by atomic mass is 127. The third kappa shape index (κ3) is 2.99. The zero-order valence-corrected chi connectivity index (χ0v) is 6.18. The van der Waals surface area contributed by atoms with E-state index in [9.17, 15) is 4.79 Å². The Bertz CT molecular complexity index is 72.1. The van der Waals surface area contributed by atoms with Crippen molar-refractivity contribution in [2.45, 2.75) is 19.4 Å². The largest absolute Gasteiger partial charge is 0.384 e. The molecule has 0 saturated carbocycles. The summed E-state index contributed by atoms with van der Waals surface area (Å²) in [5.74, 6) is 0. The van der Waals surface area contributed by atoms with Crippen LogP contribution in [0.3, 0.4) is 0 Å². The van der Waals surface area contributed by atoms with Gasteiger partial charge in [0.1, 0.15) is 6.10 Å². The molecule has 0 saturated heterocycles. The van der Waals surface area contributed by atoms with Crippen LogP contribution in [-0.2, 0) is 4.79 Å². The average molecular weight is 214 g/mol. The van der Waals surface area contributed by atoms with E-state index in [0.29, 0.717) is 6.42 Å². The lowest BCUT2D eigenvalue weighted by Gasteiger charge is -1.96. The van der Waals surface area contributed by atoms with Crippen LogP contribution in [0.15, 0.2) is 0 Å². The van der Waals surface area contributed by atoms with Crippen molar-refractivity contribution in [3.8, 4) is 0 Å². The molecule has 2 nitrogen and oxygen atoms in total. The first-order chi connectivity index (χ1) is 3.18. The van der Waals surface area contributed by atoms with Gasteiger partial charge < -0.3 is 5.11 Å². The molecule has 0 rings (SSSR count). The Balaban J connectivity index is 3.34. The van der Waals surface area contributed by atoms with Gasteiger partial charge in [-0.3, -0.25) is 4.79 Å². The number of hydrogen-bond acceptors (Lipinski definition) is 2. The van der Waals surface area contributed by atoms with Crippen LogP contribution in [0.2, 0.25) is 0 Å². The van der Waals surface area contributed by atoms with Crippen LogP contribution in [0.25, 0.3) is 0 Å². The number of halogens is 1. The normalized spacial score (nSPS) is 13.6. The smallest absolute Gasteiger partial charge is 0.220 e. The minimum absolute atomic E-state index is 0.180. The maximum Gasteiger partial charge on any atom is 0.220 e. The fraction of sp³-hybridized carbons (Fsp3) is 0.750. The van der Waals surface area contributed by atoms with E-state index in [-0.39, 0.29) is 3.79 Å². The summed E-state index contributed by atoms with van der Waals surface area (Å²) in [7, 11) is 0. The number of carbonyl (C=O) groups excluding carboxylic acids is 1. The Kier molecular flexibility index (Phi) is 3.55. The molecule has 0 aliphatic carbocycles. The second-order valence-electron chi connectivity index (χ2n) is 1.23. The van der Waals surface area contributed by atoms with Crippen LogP contribution < -0.4 is 0 Å². The highest BCUT2D eigenvalue weighted by molar-refractivity contribution is 14.1. The molecule has 7 heavy (non-hydrogen) atoms. The van der Waals surface area contributed by atoms with Crippen LogP contribution in [0, 0.1) is 0 Å². The first-order valence-corrected chi connectivity index (χ1v) is 3.13. The molecule has 0 bridgehead atoms. The zero-order chi connectivity index (χ0) is 5.86. The topological polar surface area (TPSA) is 37.3 Å². The van der Waals surface area contributed by atoms with Crippen molar-refractivity contribution in [3.05, 3.63) is 0 Å². The molecule has 0 heterocycles. The Morgan fingerprint density at radius 2 is 2.43 bits per heavy atom. The van der Waals surface area contributed by atoms with Crippen LogP contribution in [-0.4, -0.2) is 15.0 Å². The fourth-order valence-electron chi connectivity index (χ4n) is 0.160. The van der Waals surface area contributed by atoms with Gasteiger partial charge in [-0.05, 0) is 6.42 Å². The Labute approximate surface area is 56.1 Å². The van der Waals surface area contributed by atoms with E-state index in [1.54, 1.807) is 29.5 Å². The molecule has 0 aromatic rings. The molecule has 0 spiro atoms. The van der Waals surface area contributed by atoms with E-state index < -0.39 is 6.10 Å². The average Bonchev–Trinajstić information content (AvgIpc) is 1.65. The molecule has 0 amide bonds. The Hall–Kier alpha value is 0.360. The van der Waals surface area contributed by atoms with E-state index >= 15 is 0 Å². The number of rotatable bonds is 2. The summed E-state index contributed by atoms with van der Waals surface area (Å²) in [6.45, 7) is 1.77. The minimum Gasteiger partial charge on any atom is -0.384 e. The standard InChI is InChI=1S/C4H7IO2/c1-2-3(6)4(5)7/h3,6H,2H2,1H3/t3-/m1/s1. The summed E-state index contributed by atoms with van der Waals surface area (Å²) < 4.78 is -0.180. The van der Waals surface area contributed by atoms with E-state index in [1.165, 1.54) is 0 Å². The maximum absolute atomic E-state index is 10.1. The number of hydrogen-bond donors (Lipinski definition) is 1. The van der Waals surface area contributed by atoms with Crippen LogP contribution in [0.1, 0.15) is 13.3 Å². The quantitative estimate of drug-likeness (QED) is 0.543. The third-order valence-corrected chi connectivity index (χ3v) is 1.37. The lowest BCUT2D eigenvalue weighted by Crippen LogP contribution is -2.11. The predicted molar refractivity (Wildman–Crippen MR) is 35.3 cm³/mol. The third-order valence-electron chi connectivity index (χ3n) is 0.649. The van der Waals surface area contributed by atoms with Gasteiger partial charge in [-0.25, -0.2) is 0 Å². The molecule has 0 unspecified atom stereocenters. The van der Waals surface area contributed by atoms with Gasteiger partial charge in [-0.2, -0.15) is 0 Å². The number of carbonyl (C=O) groups is 1. The monoisotopic (exact) mass is 214 g/mol. The molecule has 1 atom stereocenters. The van der Waals surface area contributed by atoms with E-state index in [2.05, 4.69) is 0 Å². The summed E-state index contributed by atoms with van der Waals surface area (Å²) in [6, 6.07) is 0. The summed E-state index contributed by atoms with van der Waals surface area (Å²) in [4.78, 5) is 10.1. The molecule has 0 aliphatic heterocycles. The zero-order valence-electron chi connectivity index (χ0n) is 4.02. The number of aliphatic hydroxyl groups excluding tert-OH is 1. The second-order valence-corrected chi connectivity index (χ2v) is 2.29. The molecule has 0 fully saturated rings. The van der Waals surface area contributed by atoms with Crippen molar-refractivity contribution < 1.29 is 9.90 Å². The van der Waals surface area contributed by atoms with Gasteiger partial charge in [0, 0.05) is 22.6 Å². The lowest BCUT2D eigenvalue weighted by atomic mass is 10.3. The highest BCUT2D eigenvalue weighted by Gasteiger charge is 2.05. The molecular weight excluding hydrogens is 207 g/mol. The number of aliphatic hydroxyl groups is 1. The van der Waals surface area contributed by atoms with Crippen molar-refractivity contribution in [2.75, 3.05) is 0 Å². The molecule has 0 aromatic carbocycles. The second kappa shape index (κ2) is 3.37. The maximum atomic E-state index is 10.1. The van der Waals surface area contributed by atoms with Crippen molar-refractivity contribution in [1.29, 1.82) is 0 Å². The molecule has 0 aromatic heterocycles. The SMILES string of the molecule is CC[C@@H](O)C(=O)I. The highest BCUT2D eigenvalue weighted by Crippen LogP contribution is 1.96. The minimum atomic E-state index is -0.749. The molecule has 3 heteroatoms. The van der Waals surface area contributed by atoms with Gasteiger partial charge in [-0.15, -0.1) is 0 Å². The summed E-state index contributed by atoms with van der Waals surface area (Å²) in [6.07, 6.45) is -0.234. The van der Waals surface area contributed by atoms with Crippen molar-refractivity contribution >= 4 is 26.4 Å². The van der Waals surface area contributed by atoms with Crippen LogP contribution in [0.4, 0.5) is 0 Å². The molecular formula is C4H7IO2. The molecule has 42 valence electrons. The van der Waals surface area contributed by atoms with Gasteiger partial charge in [0.25, 0.3) is 0 Å². The van der Waals surface area contributed by atoms with Crippen LogP contribution in [0.5, 0.6) is 0 Å². The molecule has 0 radical (unpaired) electrons. The molecule has 1 N–H and O–H groups in total. The summed E-state index contributed by atoms with van der Waals surface area (Å²) in [5, 5.41) is 8.58. The Morgan fingerprint density at radius 1 is 2.00 bits per heavy atom. The first kappa shape index (κ1) is 7.36. The van der Waals surface area contributed by atoms with Gasteiger partial charge in [0.05, 0.1) is 0 Å². The van der Waals surface area contributed by atoms with Crippen molar-refractivity contribution in [2.24, 2.45) is 0 Å².